The van der Waals surface area contributed by atoms with Gasteiger partial charge in [-0.15, -0.1) is 0 Å². The summed E-state index contributed by atoms with van der Waals surface area (Å²) in [7, 11) is 25.3. The Kier molecular flexibility index (Phi) is 6.18. The predicted molar refractivity (Wildman–Crippen MR) is 100 cm³/mol. The Balaban J connectivity index is 1.81. The number of carbonyl (C=O) groups excluding carboxylic acids is 1. The van der Waals surface area contributed by atoms with Crippen LogP contribution in [0.4, 0.5) is 0 Å². The molecule has 1 N–H and O–H groups in total. The van der Waals surface area contributed by atoms with Crippen LogP contribution >= 0.6 is 8.73 Å². The Morgan fingerprint density at radius 2 is 1.88 bits per heavy atom. The largest absolute Gasteiger partial charge is 0.350 e. The van der Waals surface area contributed by atoms with Crippen LogP contribution in [-0.4, -0.2) is 92.4 Å². The smallest absolute Gasteiger partial charge is 0.251 e. The van der Waals surface area contributed by atoms with Gasteiger partial charge in [-0.1, -0.05) is 19.3 Å². The molecule has 8 radical (unpaired) electrons. The highest BCUT2D eigenvalue weighted by atomic mass is 31.1. The number of hydrogen-bond acceptors (Lipinski definition) is 6. The zero-order valence-electron chi connectivity index (χ0n) is 14.9. The third-order valence-electron chi connectivity index (χ3n) is 5.17. The van der Waals surface area contributed by atoms with Crippen LogP contribution in [0.15, 0.2) is 0 Å². The number of nitrogens with one attached hydrogen (secondary N) is 1. The summed E-state index contributed by atoms with van der Waals surface area (Å²) < 4.78 is 18.7. The number of piperidine rings is 1. The molecule has 3 fully saturated rings. The number of ether oxygens (including phenoxy) is 3. The average Bonchev–Trinajstić information content (AvgIpc) is 3.06. The molecule has 26 heavy (non-hydrogen) atoms. The van der Waals surface area contributed by atoms with Crippen molar-refractivity contribution in [3.05, 3.63) is 0 Å². The lowest BCUT2D eigenvalue weighted by molar-refractivity contribution is -0.236. The van der Waals surface area contributed by atoms with Gasteiger partial charge in [-0.05, 0) is 19.5 Å². The molecule has 3 atom stereocenters. The van der Waals surface area contributed by atoms with Crippen molar-refractivity contribution in [2.45, 2.75) is 41.9 Å². The lowest BCUT2D eigenvalue weighted by Crippen LogP contribution is -2.73. The highest BCUT2D eigenvalue weighted by Crippen LogP contribution is 2.55. The second-order valence-electron chi connectivity index (χ2n) is 6.89. The zero-order valence-corrected chi connectivity index (χ0v) is 15.9. The second kappa shape index (κ2) is 7.76. The summed E-state index contributed by atoms with van der Waals surface area (Å²) >= 11 is 0. The van der Waals surface area contributed by atoms with Crippen molar-refractivity contribution in [2.24, 2.45) is 5.92 Å². The molecule has 3 unspecified atom stereocenters. The van der Waals surface area contributed by atoms with Gasteiger partial charge in [-0.2, -0.15) is 0 Å². The molecule has 0 aromatic heterocycles. The van der Waals surface area contributed by atoms with Crippen molar-refractivity contribution < 1.29 is 23.8 Å². The minimum absolute atomic E-state index is 0.170. The van der Waals surface area contributed by atoms with Crippen LogP contribution in [0.5, 0.6) is 0 Å². The monoisotopic (exact) mass is 372 g/mol. The van der Waals surface area contributed by atoms with E-state index in [4.69, 9.17) is 50.4 Å². The first kappa shape index (κ1) is 20.7. The highest BCUT2D eigenvalue weighted by Gasteiger charge is 2.63. The van der Waals surface area contributed by atoms with Crippen LogP contribution in [0, 0.1) is 5.92 Å². The molecule has 0 bridgehead atoms. The maximum absolute atomic E-state index is 13.0. The SMILES string of the molecule is [B]C1([B])C(C(=O)NOC2CCCCO2)C2(CN(PC)C1([B])[B])OCCO2. The van der Waals surface area contributed by atoms with Gasteiger partial charge in [0.25, 0.3) is 5.91 Å². The molecule has 0 saturated carbocycles. The molecule has 1 amide bonds. The van der Waals surface area contributed by atoms with E-state index in [1.54, 1.807) is 4.67 Å². The molecular formula is C14H21B4N2O5P. The first-order valence-corrected chi connectivity index (χ1v) is 10.1. The molecule has 3 rings (SSSR count). The number of rotatable bonds is 4. The van der Waals surface area contributed by atoms with Crippen LogP contribution in [0.3, 0.4) is 0 Å². The minimum atomic E-state index is -1.83. The van der Waals surface area contributed by atoms with Crippen LogP contribution < -0.4 is 5.48 Å². The summed E-state index contributed by atoms with van der Waals surface area (Å²) in [5.74, 6) is -3.12. The van der Waals surface area contributed by atoms with Gasteiger partial charge in [-0.25, -0.2) is 10.3 Å². The normalized spacial score (nSPS) is 33.6. The quantitative estimate of drug-likeness (QED) is 0.385. The van der Waals surface area contributed by atoms with Gasteiger partial charge < -0.3 is 14.2 Å². The van der Waals surface area contributed by atoms with Gasteiger partial charge in [0.2, 0.25) is 0 Å². The van der Waals surface area contributed by atoms with Gasteiger partial charge in [0.15, 0.2) is 12.1 Å². The molecule has 3 heterocycles. The molecular weight excluding hydrogens is 350 g/mol. The van der Waals surface area contributed by atoms with E-state index in [9.17, 15) is 4.79 Å². The van der Waals surface area contributed by atoms with Gasteiger partial charge in [-0.3, -0.25) is 9.46 Å². The maximum atomic E-state index is 13.0. The van der Waals surface area contributed by atoms with E-state index in [1.807, 2.05) is 6.66 Å². The van der Waals surface area contributed by atoms with Gasteiger partial charge in [0.05, 0.1) is 57.1 Å². The minimum Gasteiger partial charge on any atom is -0.350 e. The lowest BCUT2D eigenvalue weighted by atomic mass is 9.28. The van der Waals surface area contributed by atoms with E-state index >= 15 is 0 Å². The van der Waals surface area contributed by atoms with Crippen LogP contribution in [0.1, 0.15) is 19.3 Å². The van der Waals surface area contributed by atoms with Gasteiger partial charge in [0.1, 0.15) is 0 Å². The average molecular weight is 372 g/mol. The van der Waals surface area contributed by atoms with Crippen molar-refractivity contribution in [1.29, 1.82) is 0 Å². The Labute approximate surface area is 161 Å². The molecule has 0 aromatic carbocycles. The summed E-state index contributed by atoms with van der Waals surface area (Å²) in [4.78, 5) is 18.3. The Morgan fingerprint density at radius 3 is 2.46 bits per heavy atom. The van der Waals surface area contributed by atoms with Crippen molar-refractivity contribution in [2.75, 3.05) is 33.0 Å². The molecule has 0 aliphatic carbocycles. The number of hydroxylamine groups is 1. The van der Waals surface area contributed by atoms with E-state index < -0.39 is 34.5 Å². The maximum Gasteiger partial charge on any atom is 0.251 e. The topological polar surface area (TPSA) is 69.3 Å². The standard InChI is InChI=1S/C14H21B4N2O5P/c1-26-20-8-12(23-6-7-24-12)10(13(15,16)14(20,17)18)11(21)19-25-9-4-2-3-5-22-9/h9-10,26H,2-8H2,1H3,(H,19,21). The molecule has 12 heteroatoms. The number of amides is 1. The Hall–Kier alpha value is -0.0403. The molecule has 134 valence electrons. The predicted octanol–water partition coefficient (Wildman–Crippen LogP) is -1.10. The molecule has 3 aliphatic heterocycles. The van der Waals surface area contributed by atoms with Gasteiger partial charge in [0, 0.05) is 13.0 Å². The van der Waals surface area contributed by atoms with Crippen molar-refractivity contribution >= 4 is 46.0 Å². The van der Waals surface area contributed by atoms with Crippen LogP contribution in [-0.2, 0) is 23.8 Å². The number of nitrogens with zero attached hydrogens (tertiary/aromatic N) is 1. The first-order chi connectivity index (χ1) is 12.2. The van der Waals surface area contributed by atoms with Crippen LogP contribution in [0.2, 0.25) is 5.21 Å². The Morgan fingerprint density at radius 1 is 1.19 bits per heavy atom. The zero-order chi connectivity index (χ0) is 19.0. The number of hydrogen-bond donors (Lipinski definition) is 1. The number of carbonyl (C=O) groups is 1. The fourth-order valence-corrected chi connectivity index (χ4v) is 4.61. The summed E-state index contributed by atoms with van der Waals surface area (Å²) in [5, 5.41) is -3.47. The molecule has 3 saturated heterocycles. The summed E-state index contributed by atoms with van der Waals surface area (Å²) in [6.07, 6.45) is 2.09. The summed E-state index contributed by atoms with van der Waals surface area (Å²) in [6.45, 7) is 3.27. The van der Waals surface area contributed by atoms with E-state index in [0.29, 0.717) is 26.2 Å². The van der Waals surface area contributed by atoms with Crippen LogP contribution in [0.25, 0.3) is 0 Å². The Bertz CT molecular complexity index is 527. The molecule has 3 aliphatic rings. The first-order valence-electron chi connectivity index (χ1n) is 8.70. The van der Waals surface area contributed by atoms with E-state index in [-0.39, 0.29) is 15.3 Å². The summed E-state index contributed by atoms with van der Waals surface area (Å²) in [6, 6.07) is 0. The van der Waals surface area contributed by atoms with Crippen molar-refractivity contribution in [1.82, 2.24) is 10.2 Å². The van der Waals surface area contributed by atoms with Gasteiger partial charge >= 0.3 is 0 Å². The fourth-order valence-electron chi connectivity index (χ4n) is 3.67. The third kappa shape index (κ3) is 3.51. The highest BCUT2D eigenvalue weighted by molar-refractivity contribution is 7.34. The van der Waals surface area contributed by atoms with E-state index in [1.165, 1.54) is 0 Å². The van der Waals surface area contributed by atoms with E-state index in [0.717, 1.165) is 12.8 Å². The second-order valence-corrected chi connectivity index (χ2v) is 7.88. The molecule has 0 aromatic rings. The van der Waals surface area contributed by atoms with E-state index in [2.05, 4.69) is 5.48 Å². The fraction of sp³-hybridized carbons (Fsp3) is 0.929. The lowest BCUT2D eigenvalue weighted by Gasteiger charge is -2.63. The van der Waals surface area contributed by atoms with Crippen molar-refractivity contribution in [3.63, 3.8) is 0 Å². The molecule has 7 nitrogen and oxygen atoms in total. The third-order valence-corrected chi connectivity index (χ3v) is 6.24. The molecule has 1 spiro atoms. The van der Waals surface area contributed by atoms with Crippen molar-refractivity contribution in [3.8, 4) is 0 Å². The summed E-state index contributed by atoms with van der Waals surface area (Å²) in [5.41, 5.74) is 2.39.